The second-order valence-electron chi connectivity index (χ2n) is 6.44. The van der Waals surface area contributed by atoms with Crippen LogP contribution >= 0.6 is 0 Å². The molecule has 2 heterocycles. The van der Waals surface area contributed by atoms with Crippen LogP contribution in [-0.4, -0.2) is 55.2 Å². The number of carbonyl (C=O) groups excluding carboxylic acids is 2. The van der Waals surface area contributed by atoms with Gasteiger partial charge >= 0.3 is 0 Å². The highest BCUT2D eigenvalue weighted by Crippen LogP contribution is 2.28. The van der Waals surface area contributed by atoms with Crippen LogP contribution in [0, 0.1) is 0 Å². The third kappa shape index (κ3) is 4.80. The maximum atomic E-state index is 12.4. The average molecular weight is 388 g/mol. The summed E-state index contributed by atoms with van der Waals surface area (Å²) in [6.07, 6.45) is 1.51. The van der Waals surface area contributed by atoms with Gasteiger partial charge in [-0.2, -0.15) is 0 Å². The third-order valence-corrected chi connectivity index (χ3v) is 4.61. The van der Waals surface area contributed by atoms with Gasteiger partial charge in [-0.05, 0) is 17.7 Å². The van der Waals surface area contributed by atoms with Gasteiger partial charge in [0.2, 0.25) is 11.8 Å². The molecule has 28 heavy (non-hydrogen) atoms. The highest BCUT2D eigenvalue weighted by Gasteiger charge is 2.31. The van der Waals surface area contributed by atoms with Crippen LogP contribution in [0.3, 0.4) is 0 Å². The van der Waals surface area contributed by atoms with Gasteiger partial charge in [-0.15, -0.1) is 0 Å². The molecule has 1 aromatic heterocycles. The fourth-order valence-corrected chi connectivity index (χ4v) is 3.15. The van der Waals surface area contributed by atoms with Crippen LogP contribution in [0.25, 0.3) is 0 Å². The molecule has 150 valence electrons. The lowest BCUT2D eigenvalue weighted by Gasteiger charge is -2.34. The zero-order chi connectivity index (χ0) is 19.9. The Kier molecular flexibility index (Phi) is 6.49. The number of rotatable bonds is 8. The van der Waals surface area contributed by atoms with Crippen molar-refractivity contribution in [2.45, 2.75) is 25.6 Å². The second-order valence-corrected chi connectivity index (χ2v) is 6.44. The van der Waals surface area contributed by atoms with Crippen molar-refractivity contribution >= 4 is 11.8 Å². The minimum atomic E-state index is -0.542. The zero-order valence-electron chi connectivity index (χ0n) is 15.9. The number of aromatic nitrogens is 1. The molecule has 1 saturated heterocycles. The van der Waals surface area contributed by atoms with Crippen molar-refractivity contribution in [3.8, 4) is 11.5 Å². The maximum absolute atomic E-state index is 12.4. The van der Waals surface area contributed by atoms with Gasteiger partial charge in [-0.3, -0.25) is 14.5 Å². The van der Waals surface area contributed by atoms with E-state index in [1.54, 1.807) is 20.3 Å². The largest absolute Gasteiger partial charge is 0.493 e. The molecule has 1 fully saturated rings. The Balaban J connectivity index is 1.65. The molecule has 9 nitrogen and oxygen atoms in total. The summed E-state index contributed by atoms with van der Waals surface area (Å²) in [4.78, 5) is 26.7. The number of ether oxygens (including phenoxy) is 2. The summed E-state index contributed by atoms with van der Waals surface area (Å²) < 4.78 is 15.3. The van der Waals surface area contributed by atoms with Gasteiger partial charge in [-0.25, -0.2) is 0 Å². The minimum absolute atomic E-state index is 0.0664. The average Bonchev–Trinajstić information content (AvgIpc) is 3.22. The number of piperazine rings is 1. The molecular weight excluding hydrogens is 364 g/mol. The summed E-state index contributed by atoms with van der Waals surface area (Å²) in [5.74, 6) is 0.903. The van der Waals surface area contributed by atoms with Crippen molar-refractivity contribution in [1.82, 2.24) is 20.7 Å². The lowest BCUT2D eigenvalue weighted by molar-refractivity contribution is -0.134. The fourth-order valence-electron chi connectivity index (χ4n) is 3.15. The number of hydrogen-bond acceptors (Lipinski definition) is 7. The minimum Gasteiger partial charge on any atom is -0.493 e. The van der Waals surface area contributed by atoms with E-state index in [0.29, 0.717) is 36.8 Å². The van der Waals surface area contributed by atoms with Crippen molar-refractivity contribution < 1.29 is 23.6 Å². The van der Waals surface area contributed by atoms with Gasteiger partial charge in [-0.1, -0.05) is 11.2 Å². The molecule has 3 rings (SSSR count). The maximum Gasteiger partial charge on any atom is 0.237 e. The van der Waals surface area contributed by atoms with Crippen molar-refractivity contribution in [3.05, 3.63) is 41.8 Å². The number of hydrogen-bond donors (Lipinski definition) is 2. The number of nitrogens with zero attached hydrogens (tertiary/aromatic N) is 2. The number of nitrogens with one attached hydrogen (secondary N) is 2. The summed E-state index contributed by atoms with van der Waals surface area (Å²) in [6, 6.07) is 6.77. The molecule has 1 aromatic carbocycles. The lowest BCUT2D eigenvalue weighted by Crippen LogP contribution is -2.56. The molecule has 2 aromatic rings. The number of benzene rings is 1. The van der Waals surface area contributed by atoms with E-state index in [4.69, 9.17) is 14.0 Å². The van der Waals surface area contributed by atoms with Crippen LogP contribution < -0.4 is 20.1 Å². The van der Waals surface area contributed by atoms with Gasteiger partial charge < -0.3 is 24.6 Å². The summed E-state index contributed by atoms with van der Waals surface area (Å²) in [5.41, 5.74) is 1.60. The molecular formula is C19H24N4O5. The molecule has 0 bridgehead atoms. The predicted octanol–water partition coefficient (Wildman–Crippen LogP) is 0.699. The topological polar surface area (TPSA) is 106 Å². The first-order chi connectivity index (χ1) is 13.6. The lowest BCUT2D eigenvalue weighted by atomic mass is 10.1. The smallest absolute Gasteiger partial charge is 0.237 e. The summed E-state index contributed by atoms with van der Waals surface area (Å²) in [6.45, 7) is 1.98. The van der Waals surface area contributed by atoms with Crippen LogP contribution in [-0.2, 0) is 22.7 Å². The van der Waals surface area contributed by atoms with E-state index >= 15 is 0 Å². The quantitative estimate of drug-likeness (QED) is 0.686. The van der Waals surface area contributed by atoms with Crippen LogP contribution in [0.1, 0.15) is 17.7 Å². The molecule has 1 aliphatic heterocycles. The Bertz CT molecular complexity index is 809. The van der Waals surface area contributed by atoms with E-state index in [-0.39, 0.29) is 24.8 Å². The second kappa shape index (κ2) is 9.23. The van der Waals surface area contributed by atoms with Gasteiger partial charge in [0.25, 0.3) is 0 Å². The number of amides is 2. The van der Waals surface area contributed by atoms with Gasteiger partial charge in [0.15, 0.2) is 11.5 Å². The van der Waals surface area contributed by atoms with Crippen LogP contribution in [0.2, 0.25) is 0 Å². The summed E-state index contributed by atoms with van der Waals surface area (Å²) in [5, 5.41) is 9.35. The summed E-state index contributed by atoms with van der Waals surface area (Å²) in [7, 11) is 3.16. The Morgan fingerprint density at radius 2 is 2.14 bits per heavy atom. The van der Waals surface area contributed by atoms with Crippen molar-refractivity contribution in [3.63, 3.8) is 0 Å². The number of methoxy groups -OCH3 is 2. The van der Waals surface area contributed by atoms with Gasteiger partial charge in [0.05, 0.1) is 33.2 Å². The monoisotopic (exact) mass is 388 g/mol. The van der Waals surface area contributed by atoms with Crippen molar-refractivity contribution in [2.24, 2.45) is 0 Å². The predicted molar refractivity (Wildman–Crippen MR) is 99.7 cm³/mol. The van der Waals surface area contributed by atoms with Crippen LogP contribution in [0.5, 0.6) is 11.5 Å². The fraction of sp³-hybridized carbons (Fsp3) is 0.421. The zero-order valence-corrected chi connectivity index (χ0v) is 15.9. The van der Waals surface area contributed by atoms with E-state index in [1.165, 1.54) is 6.26 Å². The molecule has 9 heteroatoms. The molecule has 2 N–H and O–H groups in total. The third-order valence-electron chi connectivity index (χ3n) is 4.61. The van der Waals surface area contributed by atoms with Crippen molar-refractivity contribution in [2.75, 3.05) is 27.3 Å². The summed E-state index contributed by atoms with van der Waals surface area (Å²) >= 11 is 0. The number of carbonyl (C=O) groups is 2. The Hall–Kier alpha value is -3.07. The van der Waals surface area contributed by atoms with Crippen LogP contribution in [0.15, 0.2) is 35.1 Å². The molecule has 1 atom stereocenters. The Morgan fingerprint density at radius 3 is 2.86 bits per heavy atom. The van der Waals surface area contributed by atoms with E-state index in [9.17, 15) is 9.59 Å². The molecule has 0 radical (unpaired) electrons. The first kappa shape index (κ1) is 19.7. The molecule has 0 spiro atoms. The van der Waals surface area contributed by atoms with E-state index in [1.807, 2.05) is 23.1 Å². The first-order valence-electron chi connectivity index (χ1n) is 8.99. The van der Waals surface area contributed by atoms with E-state index in [2.05, 4.69) is 15.8 Å². The highest BCUT2D eigenvalue weighted by molar-refractivity contribution is 5.88. The Labute approximate surface area is 163 Å². The van der Waals surface area contributed by atoms with Gasteiger partial charge in [0, 0.05) is 25.7 Å². The van der Waals surface area contributed by atoms with E-state index < -0.39 is 6.04 Å². The molecule has 0 saturated carbocycles. The van der Waals surface area contributed by atoms with Crippen LogP contribution in [0.4, 0.5) is 0 Å². The molecule has 1 aliphatic rings. The van der Waals surface area contributed by atoms with E-state index in [0.717, 1.165) is 5.56 Å². The van der Waals surface area contributed by atoms with Gasteiger partial charge in [0.1, 0.15) is 12.0 Å². The molecule has 2 amide bonds. The highest BCUT2D eigenvalue weighted by atomic mass is 16.5. The molecule has 0 unspecified atom stereocenters. The van der Waals surface area contributed by atoms with Crippen molar-refractivity contribution in [1.29, 1.82) is 0 Å². The SMILES string of the molecule is COc1ccc(CN2CCNC(=O)[C@@H]2CC(=O)NCc2ccon2)cc1OC. The molecule has 0 aliphatic carbocycles. The standard InChI is InChI=1S/C19H24N4O5/c1-26-16-4-3-13(9-17(16)27-2)12-23-7-6-20-19(25)15(23)10-18(24)21-11-14-5-8-28-22-14/h3-5,8-9,15H,6-7,10-12H2,1-2H3,(H,20,25)(H,21,24)/t15-/m0/s1. The normalized spacial score (nSPS) is 17.1. The first-order valence-corrected chi connectivity index (χ1v) is 8.99. The Morgan fingerprint density at radius 1 is 1.32 bits per heavy atom.